The summed E-state index contributed by atoms with van der Waals surface area (Å²) in [6.07, 6.45) is 0. The lowest BCUT2D eigenvalue weighted by atomic mass is 10.1. The maximum Gasteiger partial charge on any atom is 0.0525 e. The van der Waals surface area contributed by atoms with Crippen molar-refractivity contribution in [3.8, 4) is 11.1 Å². The molecule has 0 heterocycles. The van der Waals surface area contributed by atoms with E-state index >= 15 is 0 Å². The average Bonchev–Trinajstić information content (AvgIpc) is 2.52. The van der Waals surface area contributed by atoms with Gasteiger partial charge in [0.1, 0.15) is 0 Å². The molecule has 0 aliphatic heterocycles. The Balaban J connectivity index is 2.03. The first kappa shape index (κ1) is 15.4. The van der Waals surface area contributed by atoms with Crippen LogP contribution in [0.1, 0.15) is 0 Å². The Bertz CT molecular complexity index is 460. The van der Waals surface area contributed by atoms with E-state index in [0.717, 1.165) is 11.5 Å². The normalized spacial score (nSPS) is 10.7. The lowest BCUT2D eigenvalue weighted by Crippen LogP contribution is -1.86. The van der Waals surface area contributed by atoms with Crippen LogP contribution in [0.4, 0.5) is 0 Å². The van der Waals surface area contributed by atoms with Crippen LogP contribution in [-0.2, 0) is 0 Å². The van der Waals surface area contributed by atoms with E-state index in [9.17, 15) is 0 Å². The van der Waals surface area contributed by atoms with Gasteiger partial charge in [-0.25, -0.2) is 0 Å². The smallest absolute Gasteiger partial charge is 0.0525 e. The number of hydrogen-bond donors (Lipinski definition) is 2. The van der Waals surface area contributed by atoms with Crippen LogP contribution >= 0.6 is 23.5 Å². The summed E-state index contributed by atoms with van der Waals surface area (Å²) in [5.41, 5.74) is 2.38. The molecule has 0 saturated carbocycles. The van der Waals surface area contributed by atoms with Gasteiger partial charge in [0, 0.05) is 21.3 Å². The molecule has 2 aromatic rings. The molecule has 0 fully saturated rings. The van der Waals surface area contributed by atoms with Crippen LogP contribution < -0.4 is 0 Å². The molecule has 0 unspecified atom stereocenters. The summed E-state index contributed by atoms with van der Waals surface area (Å²) in [5, 5.41) is 17.6. The fourth-order valence-electron chi connectivity index (χ4n) is 1.81. The molecule has 2 N–H and O–H groups in total. The molecular formula is C16H18O2S2. The summed E-state index contributed by atoms with van der Waals surface area (Å²) in [7, 11) is 0. The monoisotopic (exact) mass is 306 g/mol. The number of aliphatic hydroxyl groups is 2. The second-order valence-electron chi connectivity index (χ2n) is 4.19. The first-order valence-electron chi connectivity index (χ1n) is 6.51. The zero-order valence-corrected chi connectivity index (χ0v) is 12.8. The zero-order chi connectivity index (χ0) is 14.2. The Hall–Kier alpha value is -0.940. The summed E-state index contributed by atoms with van der Waals surface area (Å²) in [6, 6.07) is 16.8. The minimum Gasteiger partial charge on any atom is -0.396 e. The molecule has 2 nitrogen and oxygen atoms in total. The van der Waals surface area contributed by atoms with Gasteiger partial charge in [-0.1, -0.05) is 24.3 Å². The molecule has 0 amide bonds. The quantitative estimate of drug-likeness (QED) is 0.768. The SMILES string of the molecule is OCCSc1ccc(-c2ccc(SCCO)cc2)cc1. The van der Waals surface area contributed by atoms with Gasteiger partial charge in [-0.3, -0.25) is 0 Å². The molecule has 0 aliphatic carbocycles. The summed E-state index contributed by atoms with van der Waals surface area (Å²) in [5.74, 6) is 1.46. The van der Waals surface area contributed by atoms with Gasteiger partial charge in [0.15, 0.2) is 0 Å². The third-order valence-electron chi connectivity index (χ3n) is 2.76. The Morgan fingerprint density at radius 3 is 1.25 bits per heavy atom. The Labute approximate surface area is 128 Å². The van der Waals surface area contributed by atoms with E-state index in [2.05, 4.69) is 48.5 Å². The van der Waals surface area contributed by atoms with Gasteiger partial charge in [0.2, 0.25) is 0 Å². The van der Waals surface area contributed by atoms with Crippen LogP contribution in [0, 0.1) is 0 Å². The predicted molar refractivity (Wildman–Crippen MR) is 87.5 cm³/mol. The van der Waals surface area contributed by atoms with Crippen LogP contribution in [0.3, 0.4) is 0 Å². The van der Waals surface area contributed by atoms with Gasteiger partial charge in [0.25, 0.3) is 0 Å². The highest BCUT2D eigenvalue weighted by Crippen LogP contribution is 2.26. The molecule has 2 rings (SSSR count). The third kappa shape index (κ3) is 4.56. The van der Waals surface area contributed by atoms with E-state index in [0.29, 0.717) is 0 Å². The van der Waals surface area contributed by atoms with Gasteiger partial charge in [-0.2, -0.15) is 0 Å². The first-order chi connectivity index (χ1) is 9.83. The molecule has 0 atom stereocenters. The Morgan fingerprint density at radius 2 is 0.950 bits per heavy atom. The minimum atomic E-state index is 0.208. The molecule has 0 aromatic heterocycles. The first-order valence-corrected chi connectivity index (χ1v) is 8.48. The Kier molecular flexibility index (Phi) is 6.47. The van der Waals surface area contributed by atoms with E-state index in [1.807, 2.05) is 0 Å². The number of thioether (sulfide) groups is 2. The summed E-state index contributed by atoms with van der Waals surface area (Å²) in [4.78, 5) is 2.36. The highest BCUT2D eigenvalue weighted by atomic mass is 32.2. The predicted octanol–water partition coefficient (Wildman–Crippen LogP) is 3.52. The van der Waals surface area contributed by atoms with E-state index in [1.165, 1.54) is 20.9 Å². The number of aliphatic hydroxyl groups excluding tert-OH is 2. The molecule has 0 aliphatic rings. The highest BCUT2D eigenvalue weighted by molar-refractivity contribution is 7.99. The summed E-state index contributed by atoms with van der Waals surface area (Å²) < 4.78 is 0. The van der Waals surface area contributed by atoms with Crippen molar-refractivity contribution in [2.24, 2.45) is 0 Å². The molecule has 20 heavy (non-hydrogen) atoms. The van der Waals surface area contributed by atoms with Gasteiger partial charge < -0.3 is 10.2 Å². The molecule has 2 aromatic carbocycles. The number of benzene rings is 2. The van der Waals surface area contributed by atoms with Crippen LogP contribution in [0.5, 0.6) is 0 Å². The van der Waals surface area contributed by atoms with Crippen molar-refractivity contribution in [3.63, 3.8) is 0 Å². The second kappa shape index (κ2) is 8.37. The summed E-state index contributed by atoms with van der Waals surface area (Å²) >= 11 is 3.32. The average molecular weight is 306 g/mol. The third-order valence-corrected chi connectivity index (χ3v) is 4.75. The van der Waals surface area contributed by atoms with E-state index in [-0.39, 0.29) is 13.2 Å². The van der Waals surface area contributed by atoms with Crippen molar-refractivity contribution in [2.45, 2.75) is 9.79 Å². The highest BCUT2D eigenvalue weighted by Gasteiger charge is 2.00. The van der Waals surface area contributed by atoms with Crippen LogP contribution in [0.25, 0.3) is 11.1 Å². The molecule has 0 radical (unpaired) electrons. The molecular weight excluding hydrogens is 288 g/mol. The molecule has 4 heteroatoms. The zero-order valence-electron chi connectivity index (χ0n) is 11.2. The van der Waals surface area contributed by atoms with Crippen molar-refractivity contribution in [1.82, 2.24) is 0 Å². The van der Waals surface area contributed by atoms with Crippen LogP contribution in [0.15, 0.2) is 58.3 Å². The van der Waals surface area contributed by atoms with Gasteiger partial charge in [0.05, 0.1) is 13.2 Å². The van der Waals surface area contributed by atoms with Crippen molar-refractivity contribution < 1.29 is 10.2 Å². The minimum absolute atomic E-state index is 0.208. The number of rotatable bonds is 7. The maximum atomic E-state index is 8.81. The lowest BCUT2D eigenvalue weighted by Gasteiger charge is -2.05. The lowest BCUT2D eigenvalue weighted by molar-refractivity contribution is 0.322. The van der Waals surface area contributed by atoms with Gasteiger partial charge in [-0.15, -0.1) is 23.5 Å². The molecule has 0 bridgehead atoms. The second-order valence-corrected chi connectivity index (χ2v) is 6.53. The van der Waals surface area contributed by atoms with E-state index < -0.39 is 0 Å². The van der Waals surface area contributed by atoms with Gasteiger partial charge in [-0.05, 0) is 35.4 Å². The number of hydrogen-bond acceptors (Lipinski definition) is 4. The standard InChI is InChI=1S/C16H18O2S2/c17-9-11-19-15-5-1-13(2-6-15)14-3-7-16(8-4-14)20-12-10-18/h1-8,17-18H,9-12H2. The maximum absolute atomic E-state index is 8.81. The Morgan fingerprint density at radius 1 is 0.600 bits per heavy atom. The van der Waals surface area contributed by atoms with E-state index in [4.69, 9.17) is 10.2 Å². The van der Waals surface area contributed by atoms with Crippen LogP contribution in [-0.4, -0.2) is 34.9 Å². The topological polar surface area (TPSA) is 40.5 Å². The molecule has 106 valence electrons. The fourth-order valence-corrected chi connectivity index (χ4v) is 3.13. The van der Waals surface area contributed by atoms with E-state index in [1.54, 1.807) is 23.5 Å². The molecule has 0 saturated heterocycles. The van der Waals surface area contributed by atoms with Crippen molar-refractivity contribution in [3.05, 3.63) is 48.5 Å². The van der Waals surface area contributed by atoms with Crippen molar-refractivity contribution in [1.29, 1.82) is 0 Å². The van der Waals surface area contributed by atoms with Crippen molar-refractivity contribution >= 4 is 23.5 Å². The largest absolute Gasteiger partial charge is 0.396 e. The molecule has 0 spiro atoms. The summed E-state index contributed by atoms with van der Waals surface area (Å²) in [6.45, 7) is 0.415. The fraction of sp³-hybridized carbons (Fsp3) is 0.250. The van der Waals surface area contributed by atoms with Crippen LogP contribution in [0.2, 0.25) is 0 Å². The van der Waals surface area contributed by atoms with Crippen molar-refractivity contribution in [2.75, 3.05) is 24.7 Å². The van der Waals surface area contributed by atoms with Gasteiger partial charge >= 0.3 is 0 Å².